The molecule has 0 atom stereocenters. The van der Waals surface area contributed by atoms with Gasteiger partial charge in [0.15, 0.2) is 5.11 Å². The first kappa shape index (κ1) is 20.1. The molecule has 0 bridgehead atoms. The third-order valence-corrected chi connectivity index (χ3v) is 3.76. The number of rotatable bonds is 5. The van der Waals surface area contributed by atoms with Crippen molar-refractivity contribution >= 4 is 46.5 Å². The van der Waals surface area contributed by atoms with Crippen LogP contribution in [0.25, 0.3) is 0 Å². The number of anilines is 2. The largest absolute Gasteiger partial charge is 0.478 e. The monoisotopic (exact) mass is 385 g/mol. The number of thiocarbonyl (C=S) groups is 1. The maximum atomic E-state index is 12.2. The fraction of sp³-hybridized carbons (Fsp3) is 0.158. The molecule has 0 aliphatic carbocycles. The van der Waals surface area contributed by atoms with E-state index in [4.69, 9.17) is 17.3 Å². The van der Waals surface area contributed by atoms with Gasteiger partial charge in [0, 0.05) is 22.9 Å². The molecule has 0 unspecified atom stereocenters. The van der Waals surface area contributed by atoms with Crippen LogP contribution in [-0.2, 0) is 4.79 Å². The fourth-order valence-electron chi connectivity index (χ4n) is 2.03. The molecular weight excluding hydrogens is 366 g/mol. The molecule has 4 N–H and O–H groups in total. The molecule has 0 aliphatic heterocycles. The standard InChI is InChI=1S/C19H19N3O4S/c1-11(2)16(23)20-14-7-3-12(4-8-14)17(24)22-19(27)21-15-9-5-13(6-10-15)18(25)26/h3-11H,1-2H3,(H,20,23)(H,25,26)(H2,21,22,24,27). The summed E-state index contributed by atoms with van der Waals surface area (Å²) in [6.45, 7) is 3.58. The molecule has 0 saturated carbocycles. The zero-order valence-electron chi connectivity index (χ0n) is 14.8. The molecule has 27 heavy (non-hydrogen) atoms. The lowest BCUT2D eigenvalue weighted by molar-refractivity contribution is -0.118. The first-order valence-electron chi connectivity index (χ1n) is 8.13. The van der Waals surface area contributed by atoms with E-state index in [-0.39, 0.29) is 22.5 Å². The first-order chi connectivity index (χ1) is 12.8. The second-order valence-corrected chi connectivity index (χ2v) is 6.42. The van der Waals surface area contributed by atoms with Gasteiger partial charge in [-0.05, 0) is 60.7 Å². The number of nitrogens with one attached hydrogen (secondary N) is 3. The minimum atomic E-state index is -1.02. The number of amides is 2. The summed E-state index contributed by atoms with van der Waals surface area (Å²) >= 11 is 5.09. The van der Waals surface area contributed by atoms with Crippen LogP contribution in [0.1, 0.15) is 34.6 Å². The average Bonchev–Trinajstić information content (AvgIpc) is 2.62. The highest BCUT2D eigenvalue weighted by atomic mass is 32.1. The van der Waals surface area contributed by atoms with Crippen LogP contribution in [0.2, 0.25) is 0 Å². The number of carboxylic acids is 1. The third kappa shape index (κ3) is 5.89. The van der Waals surface area contributed by atoms with Crippen LogP contribution in [0.5, 0.6) is 0 Å². The lowest BCUT2D eigenvalue weighted by Gasteiger charge is -2.11. The zero-order chi connectivity index (χ0) is 20.0. The van der Waals surface area contributed by atoms with E-state index in [0.29, 0.717) is 16.9 Å². The summed E-state index contributed by atoms with van der Waals surface area (Å²) in [5, 5.41) is 17.0. The van der Waals surface area contributed by atoms with Crippen molar-refractivity contribution in [3.63, 3.8) is 0 Å². The smallest absolute Gasteiger partial charge is 0.335 e. The van der Waals surface area contributed by atoms with Crippen LogP contribution in [0.4, 0.5) is 11.4 Å². The van der Waals surface area contributed by atoms with Crippen LogP contribution in [-0.4, -0.2) is 28.0 Å². The van der Waals surface area contributed by atoms with Gasteiger partial charge in [-0.15, -0.1) is 0 Å². The topological polar surface area (TPSA) is 108 Å². The predicted molar refractivity (Wildman–Crippen MR) is 107 cm³/mol. The molecule has 140 valence electrons. The van der Waals surface area contributed by atoms with Crippen molar-refractivity contribution in [3.8, 4) is 0 Å². The van der Waals surface area contributed by atoms with Crippen molar-refractivity contribution in [1.82, 2.24) is 5.32 Å². The molecule has 0 aliphatic rings. The summed E-state index contributed by atoms with van der Waals surface area (Å²) in [5.74, 6) is -1.67. The van der Waals surface area contributed by atoms with Gasteiger partial charge < -0.3 is 15.7 Å². The molecule has 2 aromatic rings. The van der Waals surface area contributed by atoms with E-state index in [1.165, 1.54) is 12.1 Å². The van der Waals surface area contributed by atoms with Crippen molar-refractivity contribution in [1.29, 1.82) is 0 Å². The quantitative estimate of drug-likeness (QED) is 0.589. The maximum Gasteiger partial charge on any atom is 0.335 e. The van der Waals surface area contributed by atoms with Gasteiger partial charge in [0.05, 0.1) is 5.56 Å². The van der Waals surface area contributed by atoms with E-state index in [1.807, 2.05) is 0 Å². The number of hydrogen-bond acceptors (Lipinski definition) is 4. The molecule has 8 heteroatoms. The summed E-state index contributed by atoms with van der Waals surface area (Å²) in [6.07, 6.45) is 0. The second-order valence-electron chi connectivity index (χ2n) is 6.01. The Hall–Kier alpha value is -3.26. The second kappa shape index (κ2) is 8.91. The summed E-state index contributed by atoms with van der Waals surface area (Å²) < 4.78 is 0. The van der Waals surface area contributed by atoms with E-state index in [0.717, 1.165) is 0 Å². The molecule has 2 rings (SSSR count). The van der Waals surface area contributed by atoms with Crippen LogP contribution in [0, 0.1) is 5.92 Å². The van der Waals surface area contributed by atoms with Gasteiger partial charge >= 0.3 is 5.97 Å². The third-order valence-electron chi connectivity index (χ3n) is 3.56. The van der Waals surface area contributed by atoms with Crippen LogP contribution >= 0.6 is 12.2 Å². The highest BCUT2D eigenvalue weighted by Crippen LogP contribution is 2.12. The Balaban J connectivity index is 1.92. The normalized spacial score (nSPS) is 10.2. The molecule has 0 saturated heterocycles. The fourth-order valence-corrected chi connectivity index (χ4v) is 2.24. The summed E-state index contributed by atoms with van der Waals surface area (Å²) in [7, 11) is 0. The van der Waals surface area contributed by atoms with Gasteiger partial charge in [-0.25, -0.2) is 4.79 Å². The van der Waals surface area contributed by atoms with E-state index in [1.54, 1.807) is 50.2 Å². The van der Waals surface area contributed by atoms with Gasteiger partial charge in [-0.3, -0.25) is 14.9 Å². The zero-order valence-corrected chi connectivity index (χ0v) is 15.6. The Labute approximate surface area is 161 Å². The highest BCUT2D eigenvalue weighted by Gasteiger charge is 2.10. The van der Waals surface area contributed by atoms with Crippen molar-refractivity contribution in [2.75, 3.05) is 10.6 Å². The highest BCUT2D eigenvalue weighted by molar-refractivity contribution is 7.80. The number of hydrogen-bond donors (Lipinski definition) is 4. The Bertz CT molecular complexity index is 862. The van der Waals surface area contributed by atoms with Crippen LogP contribution in [0.3, 0.4) is 0 Å². The number of benzene rings is 2. The molecule has 0 aromatic heterocycles. The lowest BCUT2D eigenvalue weighted by atomic mass is 10.1. The van der Waals surface area contributed by atoms with Crippen LogP contribution in [0.15, 0.2) is 48.5 Å². The summed E-state index contributed by atoms with van der Waals surface area (Å²) in [5.41, 5.74) is 1.68. The molecule has 2 amide bonds. The Morgan fingerprint density at radius 3 is 1.81 bits per heavy atom. The summed E-state index contributed by atoms with van der Waals surface area (Å²) in [4.78, 5) is 34.7. The molecule has 7 nitrogen and oxygen atoms in total. The number of carbonyl (C=O) groups excluding carboxylic acids is 2. The Morgan fingerprint density at radius 2 is 1.33 bits per heavy atom. The molecular formula is C19H19N3O4S. The minimum Gasteiger partial charge on any atom is -0.478 e. The lowest BCUT2D eigenvalue weighted by Crippen LogP contribution is -2.34. The van der Waals surface area contributed by atoms with Crippen molar-refractivity contribution in [2.24, 2.45) is 5.92 Å². The van der Waals surface area contributed by atoms with Crippen LogP contribution < -0.4 is 16.0 Å². The van der Waals surface area contributed by atoms with Crippen molar-refractivity contribution in [2.45, 2.75) is 13.8 Å². The van der Waals surface area contributed by atoms with E-state index in [2.05, 4.69) is 16.0 Å². The molecule has 0 spiro atoms. The minimum absolute atomic E-state index is 0.0836. The first-order valence-corrected chi connectivity index (χ1v) is 8.53. The molecule has 0 fully saturated rings. The number of aromatic carboxylic acids is 1. The number of carbonyl (C=O) groups is 3. The molecule has 0 heterocycles. The predicted octanol–water partition coefficient (Wildman–Crippen LogP) is 3.11. The van der Waals surface area contributed by atoms with E-state index >= 15 is 0 Å². The maximum absolute atomic E-state index is 12.2. The molecule has 2 aromatic carbocycles. The average molecular weight is 385 g/mol. The van der Waals surface area contributed by atoms with E-state index < -0.39 is 11.9 Å². The Morgan fingerprint density at radius 1 is 0.852 bits per heavy atom. The van der Waals surface area contributed by atoms with Gasteiger partial charge in [0.25, 0.3) is 5.91 Å². The van der Waals surface area contributed by atoms with Gasteiger partial charge in [-0.1, -0.05) is 13.8 Å². The molecule has 0 radical (unpaired) electrons. The van der Waals surface area contributed by atoms with Gasteiger partial charge in [0.2, 0.25) is 5.91 Å². The van der Waals surface area contributed by atoms with Gasteiger partial charge in [0.1, 0.15) is 0 Å². The van der Waals surface area contributed by atoms with Gasteiger partial charge in [-0.2, -0.15) is 0 Å². The van der Waals surface area contributed by atoms with Crippen molar-refractivity contribution in [3.05, 3.63) is 59.7 Å². The Kier molecular flexibility index (Phi) is 6.62. The van der Waals surface area contributed by atoms with Crippen molar-refractivity contribution < 1.29 is 19.5 Å². The number of carboxylic acid groups (broad SMARTS) is 1. The van der Waals surface area contributed by atoms with E-state index in [9.17, 15) is 14.4 Å². The summed E-state index contributed by atoms with van der Waals surface area (Å²) in [6, 6.07) is 12.4. The SMILES string of the molecule is CC(C)C(=O)Nc1ccc(C(=O)NC(=S)Nc2ccc(C(=O)O)cc2)cc1.